The highest BCUT2D eigenvalue weighted by Crippen LogP contribution is 2.16. The van der Waals surface area contributed by atoms with Crippen molar-refractivity contribution in [1.82, 2.24) is 9.97 Å². The number of aromatic nitrogens is 2. The molecule has 90 valence electrons. The Morgan fingerprint density at radius 2 is 2.24 bits per heavy atom. The summed E-state index contributed by atoms with van der Waals surface area (Å²) in [6, 6.07) is 0. The van der Waals surface area contributed by atoms with E-state index in [4.69, 9.17) is 4.74 Å². The van der Waals surface area contributed by atoms with Crippen molar-refractivity contribution in [3.63, 3.8) is 0 Å². The number of rotatable bonds is 6. The molecule has 1 aromatic heterocycles. The maximum atomic E-state index is 11.3. The van der Waals surface area contributed by atoms with Crippen molar-refractivity contribution < 1.29 is 4.74 Å². The SMILES string of the molecule is CCOc1c(NCCc2cnc[nH]2)c(=O)c1=O. The molecule has 1 heterocycles. The lowest BCUT2D eigenvalue weighted by molar-refractivity contribution is 0.334. The molecule has 0 saturated heterocycles. The molecule has 0 fully saturated rings. The molecule has 0 unspecified atom stereocenters. The normalized spacial score (nSPS) is 10.6. The Morgan fingerprint density at radius 3 is 2.88 bits per heavy atom. The zero-order valence-electron chi connectivity index (χ0n) is 9.45. The highest BCUT2D eigenvalue weighted by Gasteiger charge is 2.21. The second kappa shape index (κ2) is 4.82. The van der Waals surface area contributed by atoms with E-state index in [2.05, 4.69) is 15.3 Å². The van der Waals surface area contributed by atoms with Crippen LogP contribution in [-0.4, -0.2) is 23.1 Å². The molecule has 1 aromatic carbocycles. The topological polar surface area (TPSA) is 84.1 Å². The number of aromatic amines is 1. The van der Waals surface area contributed by atoms with Crippen LogP contribution in [0.15, 0.2) is 22.1 Å². The van der Waals surface area contributed by atoms with Gasteiger partial charge in [0.1, 0.15) is 5.69 Å². The van der Waals surface area contributed by atoms with E-state index < -0.39 is 10.9 Å². The van der Waals surface area contributed by atoms with E-state index in [-0.39, 0.29) is 11.4 Å². The van der Waals surface area contributed by atoms with E-state index in [0.29, 0.717) is 19.6 Å². The van der Waals surface area contributed by atoms with Crippen LogP contribution < -0.4 is 20.9 Å². The predicted octanol–water partition coefficient (Wildman–Crippen LogP) is 0.0590. The second-order valence-electron chi connectivity index (χ2n) is 3.55. The van der Waals surface area contributed by atoms with Crippen molar-refractivity contribution in [3.8, 4) is 5.75 Å². The zero-order valence-corrected chi connectivity index (χ0v) is 9.45. The fraction of sp³-hybridized carbons (Fsp3) is 0.364. The van der Waals surface area contributed by atoms with Gasteiger partial charge in [0.05, 0.1) is 12.9 Å². The first-order chi connectivity index (χ1) is 8.24. The van der Waals surface area contributed by atoms with Crippen LogP contribution in [0, 0.1) is 0 Å². The highest BCUT2D eigenvalue weighted by atomic mass is 16.5. The van der Waals surface area contributed by atoms with Crippen LogP contribution >= 0.6 is 0 Å². The van der Waals surface area contributed by atoms with Gasteiger partial charge in [0.15, 0.2) is 5.75 Å². The maximum absolute atomic E-state index is 11.3. The molecule has 0 radical (unpaired) electrons. The van der Waals surface area contributed by atoms with E-state index in [0.717, 1.165) is 5.69 Å². The van der Waals surface area contributed by atoms with E-state index in [1.165, 1.54) is 0 Å². The molecule has 0 aliphatic heterocycles. The molecule has 6 heteroatoms. The van der Waals surface area contributed by atoms with Crippen LogP contribution in [0.1, 0.15) is 12.6 Å². The van der Waals surface area contributed by atoms with Gasteiger partial charge in [-0.2, -0.15) is 0 Å². The van der Waals surface area contributed by atoms with Gasteiger partial charge in [-0.15, -0.1) is 0 Å². The van der Waals surface area contributed by atoms with Crippen molar-refractivity contribution in [2.45, 2.75) is 13.3 Å². The minimum atomic E-state index is -0.545. The second-order valence-corrected chi connectivity index (χ2v) is 3.55. The minimum absolute atomic E-state index is 0.155. The summed E-state index contributed by atoms with van der Waals surface area (Å²) < 4.78 is 5.09. The lowest BCUT2D eigenvalue weighted by Gasteiger charge is -2.12. The highest BCUT2D eigenvalue weighted by molar-refractivity contribution is 5.61. The summed E-state index contributed by atoms with van der Waals surface area (Å²) in [5, 5.41) is 2.91. The number of imidazole rings is 1. The number of nitrogens with one attached hydrogen (secondary N) is 2. The lowest BCUT2D eigenvalue weighted by atomic mass is 10.2. The van der Waals surface area contributed by atoms with Gasteiger partial charge >= 0.3 is 0 Å². The Hall–Kier alpha value is -2.11. The molecule has 6 nitrogen and oxygen atoms in total. The molecule has 0 aliphatic rings. The van der Waals surface area contributed by atoms with Gasteiger partial charge in [-0.1, -0.05) is 0 Å². The smallest absolute Gasteiger partial charge is 0.272 e. The van der Waals surface area contributed by atoms with Gasteiger partial charge in [0.2, 0.25) is 0 Å². The number of H-pyrrole nitrogens is 1. The Kier molecular flexibility index (Phi) is 3.22. The third kappa shape index (κ3) is 2.20. The van der Waals surface area contributed by atoms with Crippen LogP contribution in [0.5, 0.6) is 5.75 Å². The molecule has 0 saturated carbocycles. The first-order valence-corrected chi connectivity index (χ1v) is 5.41. The van der Waals surface area contributed by atoms with Gasteiger partial charge in [-0.05, 0) is 6.92 Å². The molecule has 2 N–H and O–H groups in total. The Bertz CT molecular complexity index is 553. The average molecular weight is 235 g/mol. The van der Waals surface area contributed by atoms with Crippen LogP contribution in [0.3, 0.4) is 0 Å². The van der Waals surface area contributed by atoms with Crippen LogP contribution in [0.2, 0.25) is 0 Å². The maximum Gasteiger partial charge on any atom is 0.272 e. The number of nitrogens with zero attached hydrogens (tertiary/aromatic N) is 1. The molecule has 0 spiro atoms. The summed E-state index contributed by atoms with van der Waals surface area (Å²) in [7, 11) is 0. The summed E-state index contributed by atoms with van der Waals surface area (Å²) in [6.07, 6.45) is 4.01. The van der Waals surface area contributed by atoms with Crippen LogP contribution in [-0.2, 0) is 6.42 Å². The van der Waals surface area contributed by atoms with Crippen molar-refractivity contribution in [2.75, 3.05) is 18.5 Å². The Balaban J connectivity index is 1.93. The van der Waals surface area contributed by atoms with Crippen LogP contribution in [0.4, 0.5) is 5.69 Å². The molecule has 0 bridgehead atoms. The van der Waals surface area contributed by atoms with Gasteiger partial charge in [0, 0.05) is 24.9 Å². The number of hydrogen-bond donors (Lipinski definition) is 2. The molecule has 2 aromatic rings. The molecule has 0 atom stereocenters. The van der Waals surface area contributed by atoms with Gasteiger partial charge in [-0.25, -0.2) is 4.98 Å². The van der Waals surface area contributed by atoms with E-state index in [1.54, 1.807) is 19.4 Å². The van der Waals surface area contributed by atoms with E-state index in [9.17, 15) is 9.59 Å². The van der Waals surface area contributed by atoms with Crippen molar-refractivity contribution in [1.29, 1.82) is 0 Å². The number of anilines is 1. The van der Waals surface area contributed by atoms with Crippen molar-refractivity contribution >= 4 is 5.69 Å². The molecular formula is C11H13N3O3. The summed E-state index contributed by atoms with van der Waals surface area (Å²) in [5.74, 6) is 0.155. The van der Waals surface area contributed by atoms with Gasteiger partial charge in [-0.3, -0.25) is 9.59 Å². The first kappa shape index (κ1) is 11.4. The fourth-order valence-corrected chi connectivity index (χ4v) is 1.56. The number of ether oxygens (including phenoxy) is 1. The third-order valence-electron chi connectivity index (χ3n) is 2.41. The van der Waals surface area contributed by atoms with Crippen molar-refractivity contribution in [3.05, 3.63) is 38.7 Å². The quantitative estimate of drug-likeness (QED) is 0.692. The zero-order chi connectivity index (χ0) is 12.3. The van der Waals surface area contributed by atoms with Gasteiger partial charge in [0.25, 0.3) is 10.9 Å². The number of hydrogen-bond acceptors (Lipinski definition) is 5. The lowest BCUT2D eigenvalue weighted by Crippen LogP contribution is -2.36. The van der Waals surface area contributed by atoms with Crippen LogP contribution in [0.25, 0.3) is 0 Å². The molecule has 0 amide bonds. The van der Waals surface area contributed by atoms with E-state index >= 15 is 0 Å². The first-order valence-electron chi connectivity index (χ1n) is 5.41. The Labute approximate surface area is 97.3 Å². The third-order valence-corrected chi connectivity index (χ3v) is 2.41. The van der Waals surface area contributed by atoms with Crippen molar-refractivity contribution in [2.24, 2.45) is 0 Å². The monoisotopic (exact) mass is 235 g/mol. The van der Waals surface area contributed by atoms with Gasteiger partial charge < -0.3 is 15.0 Å². The fourth-order valence-electron chi connectivity index (χ4n) is 1.56. The Morgan fingerprint density at radius 1 is 1.41 bits per heavy atom. The minimum Gasteiger partial charge on any atom is -0.488 e. The van der Waals surface area contributed by atoms with E-state index in [1.807, 2.05) is 0 Å². The summed E-state index contributed by atoms with van der Waals surface area (Å²) in [5.41, 5.74) is 0.208. The molecule has 2 rings (SSSR count). The summed E-state index contributed by atoms with van der Waals surface area (Å²) in [4.78, 5) is 29.3. The summed E-state index contributed by atoms with van der Waals surface area (Å²) in [6.45, 7) is 2.69. The molecular weight excluding hydrogens is 222 g/mol. The predicted molar refractivity (Wildman–Crippen MR) is 63.3 cm³/mol. The summed E-state index contributed by atoms with van der Waals surface area (Å²) >= 11 is 0. The average Bonchev–Trinajstić information content (AvgIpc) is 2.85. The molecule has 0 aliphatic carbocycles. The molecule has 17 heavy (non-hydrogen) atoms. The largest absolute Gasteiger partial charge is 0.488 e. The standard InChI is InChI=1S/C11H13N3O3/c1-2-17-11-8(9(15)10(11)16)13-4-3-7-5-12-6-14-7/h5-6,13H,2-4H2,1H3,(H,12,14).